The van der Waals surface area contributed by atoms with Gasteiger partial charge in [0.25, 0.3) is 0 Å². The Balaban J connectivity index is 4.29. The zero-order chi connectivity index (χ0) is 9.07. The normalized spacial score (nSPS) is 14.3. The van der Waals surface area contributed by atoms with Crippen molar-refractivity contribution in [2.75, 3.05) is 13.4 Å². The molecule has 11 heavy (non-hydrogen) atoms. The summed E-state index contributed by atoms with van der Waals surface area (Å²) >= 11 is 1.41. The standard InChI is InChI=1S/C7H15NO2S/c1-7(2,8)5(11-4)6(9)10-3/h5H,8H2,1-4H3. The van der Waals surface area contributed by atoms with Gasteiger partial charge in [0.2, 0.25) is 0 Å². The van der Waals surface area contributed by atoms with E-state index in [0.717, 1.165) is 0 Å². The van der Waals surface area contributed by atoms with Crippen molar-refractivity contribution in [1.82, 2.24) is 0 Å². The second kappa shape index (κ2) is 3.97. The van der Waals surface area contributed by atoms with Gasteiger partial charge in [0.15, 0.2) is 0 Å². The number of methoxy groups -OCH3 is 1. The smallest absolute Gasteiger partial charge is 0.320 e. The molecular formula is C7H15NO2S. The lowest BCUT2D eigenvalue weighted by atomic mass is 10.0. The third-order valence-electron chi connectivity index (χ3n) is 1.33. The van der Waals surface area contributed by atoms with E-state index in [1.54, 1.807) is 0 Å². The van der Waals surface area contributed by atoms with Crippen LogP contribution in [-0.4, -0.2) is 30.1 Å². The van der Waals surface area contributed by atoms with Gasteiger partial charge >= 0.3 is 5.97 Å². The van der Waals surface area contributed by atoms with Crippen LogP contribution in [0.2, 0.25) is 0 Å². The summed E-state index contributed by atoms with van der Waals surface area (Å²) in [6, 6.07) is 0. The molecule has 1 unspecified atom stereocenters. The van der Waals surface area contributed by atoms with Gasteiger partial charge in [-0.2, -0.15) is 0 Å². The maximum Gasteiger partial charge on any atom is 0.320 e. The molecule has 2 N–H and O–H groups in total. The Kier molecular flexibility index (Phi) is 3.89. The molecule has 0 bridgehead atoms. The van der Waals surface area contributed by atoms with Crippen LogP contribution in [-0.2, 0) is 9.53 Å². The first-order valence-corrected chi connectivity index (χ1v) is 4.61. The lowest BCUT2D eigenvalue weighted by Gasteiger charge is -2.26. The molecule has 0 aromatic rings. The van der Waals surface area contributed by atoms with Crippen molar-refractivity contribution in [3.8, 4) is 0 Å². The Labute approximate surface area is 71.7 Å². The van der Waals surface area contributed by atoms with Crippen molar-refractivity contribution < 1.29 is 9.53 Å². The minimum Gasteiger partial charge on any atom is -0.468 e. The Morgan fingerprint density at radius 1 is 1.64 bits per heavy atom. The fourth-order valence-electron chi connectivity index (χ4n) is 0.811. The molecule has 0 heterocycles. The van der Waals surface area contributed by atoms with Gasteiger partial charge in [-0.3, -0.25) is 4.79 Å². The summed E-state index contributed by atoms with van der Waals surface area (Å²) in [7, 11) is 1.37. The van der Waals surface area contributed by atoms with Gasteiger partial charge in [-0.1, -0.05) is 0 Å². The summed E-state index contributed by atoms with van der Waals surface area (Å²) in [5.41, 5.74) is 5.22. The average molecular weight is 177 g/mol. The number of ether oxygens (including phenoxy) is 1. The monoisotopic (exact) mass is 177 g/mol. The first-order chi connectivity index (χ1) is 4.93. The molecule has 0 aromatic heterocycles. The highest BCUT2D eigenvalue weighted by Crippen LogP contribution is 2.19. The molecule has 0 saturated carbocycles. The van der Waals surface area contributed by atoms with Crippen LogP contribution >= 0.6 is 11.8 Å². The largest absolute Gasteiger partial charge is 0.468 e. The molecular weight excluding hydrogens is 162 g/mol. The SMILES string of the molecule is COC(=O)C(SC)C(C)(C)N. The Morgan fingerprint density at radius 3 is 2.18 bits per heavy atom. The van der Waals surface area contributed by atoms with Crippen molar-refractivity contribution in [2.45, 2.75) is 24.6 Å². The molecule has 0 fully saturated rings. The lowest BCUT2D eigenvalue weighted by molar-refractivity contribution is -0.140. The van der Waals surface area contributed by atoms with E-state index in [1.807, 2.05) is 20.1 Å². The highest BCUT2D eigenvalue weighted by atomic mass is 32.2. The number of esters is 1. The maximum absolute atomic E-state index is 11.1. The van der Waals surface area contributed by atoms with Crippen LogP contribution in [0.25, 0.3) is 0 Å². The lowest BCUT2D eigenvalue weighted by Crippen LogP contribution is -2.47. The average Bonchev–Trinajstić information content (AvgIpc) is 1.86. The Bertz CT molecular complexity index is 142. The van der Waals surface area contributed by atoms with Crippen LogP contribution in [0.15, 0.2) is 0 Å². The summed E-state index contributed by atoms with van der Waals surface area (Å²) in [5, 5.41) is -0.285. The number of carbonyl (C=O) groups is 1. The molecule has 4 heteroatoms. The molecule has 0 saturated heterocycles. The summed E-state index contributed by atoms with van der Waals surface area (Å²) in [6.45, 7) is 3.62. The minimum atomic E-state index is -0.521. The molecule has 0 radical (unpaired) electrons. The molecule has 0 aliphatic rings. The molecule has 3 nitrogen and oxygen atoms in total. The van der Waals surface area contributed by atoms with E-state index in [0.29, 0.717) is 0 Å². The summed E-state index contributed by atoms with van der Waals surface area (Å²) in [5.74, 6) is -0.259. The zero-order valence-electron chi connectivity index (χ0n) is 7.38. The number of carbonyl (C=O) groups excluding carboxylic acids is 1. The minimum absolute atomic E-state index is 0.259. The predicted octanol–water partition coefficient (Wildman–Crippen LogP) is 0.628. The van der Waals surface area contributed by atoms with Crippen molar-refractivity contribution in [3.05, 3.63) is 0 Å². The van der Waals surface area contributed by atoms with E-state index in [4.69, 9.17) is 5.73 Å². The van der Waals surface area contributed by atoms with Gasteiger partial charge in [-0.25, -0.2) is 0 Å². The van der Waals surface area contributed by atoms with Crippen molar-refractivity contribution in [1.29, 1.82) is 0 Å². The first-order valence-electron chi connectivity index (χ1n) is 3.33. The highest BCUT2D eigenvalue weighted by Gasteiger charge is 2.31. The molecule has 1 atom stereocenters. The van der Waals surface area contributed by atoms with E-state index < -0.39 is 5.54 Å². The van der Waals surface area contributed by atoms with Crippen molar-refractivity contribution >= 4 is 17.7 Å². The van der Waals surface area contributed by atoms with Gasteiger partial charge in [-0.15, -0.1) is 11.8 Å². The number of thioether (sulfide) groups is 1. The molecule has 0 rings (SSSR count). The van der Waals surface area contributed by atoms with Gasteiger partial charge < -0.3 is 10.5 Å². The fourth-order valence-corrected chi connectivity index (χ4v) is 1.71. The summed E-state index contributed by atoms with van der Waals surface area (Å²) in [4.78, 5) is 11.1. The molecule has 0 aromatic carbocycles. The van der Waals surface area contributed by atoms with Crippen LogP contribution in [0.4, 0.5) is 0 Å². The quantitative estimate of drug-likeness (QED) is 0.642. The van der Waals surface area contributed by atoms with E-state index in [1.165, 1.54) is 18.9 Å². The van der Waals surface area contributed by atoms with E-state index in [-0.39, 0.29) is 11.2 Å². The van der Waals surface area contributed by atoms with Crippen LogP contribution < -0.4 is 5.73 Å². The topological polar surface area (TPSA) is 52.3 Å². The Hall–Kier alpha value is -0.220. The summed E-state index contributed by atoms with van der Waals surface area (Å²) in [6.07, 6.45) is 1.84. The third kappa shape index (κ3) is 3.12. The molecule has 0 aliphatic heterocycles. The zero-order valence-corrected chi connectivity index (χ0v) is 8.20. The van der Waals surface area contributed by atoms with Crippen LogP contribution in [0.3, 0.4) is 0 Å². The van der Waals surface area contributed by atoms with Crippen LogP contribution in [0.5, 0.6) is 0 Å². The van der Waals surface area contributed by atoms with E-state index >= 15 is 0 Å². The molecule has 0 aliphatic carbocycles. The fraction of sp³-hybridized carbons (Fsp3) is 0.857. The maximum atomic E-state index is 11.1. The van der Waals surface area contributed by atoms with E-state index in [2.05, 4.69) is 4.74 Å². The van der Waals surface area contributed by atoms with Gasteiger partial charge in [0.05, 0.1) is 7.11 Å². The second-order valence-electron chi connectivity index (χ2n) is 2.96. The molecule has 0 amide bonds. The highest BCUT2D eigenvalue weighted by molar-refractivity contribution is 8.00. The van der Waals surface area contributed by atoms with Crippen LogP contribution in [0.1, 0.15) is 13.8 Å². The van der Waals surface area contributed by atoms with Gasteiger partial charge in [0.1, 0.15) is 5.25 Å². The Morgan fingerprint density at radius 2 is 2.09 bits per heavy atom. The summed E-state index contributed by atoms with van der Waals surface area (Å²) < 4.78 is 4.59. The van der Waals surface area contributed by atoms with E-state index in [9.17, 15) is 4.79 Å². The molecule has 0 spiro atoms. The second-order valence-corrected chi connectivity index (χ2v) is 3.90. The third-order valence-corrected chi connectivity index (χ3v) is 2.60. The van der Waals surface area contributed by atoms with Crippen LogP contribution in [0, 0.1) is 0 Å². The van der Waals surface area contributed by atoms with Crippen molar-refractivity contribution in [3.63, 3.8) is 0 Å². The molecule has 66 valence electrons. The number of hydrogen-bond acceptors (Lipinski definition) is 4. The first kappa shape index (κ1) is 10.8. The van der Waals surface area contributed by atoms with Crippen molar-refractivity contribution in [2.24, 2.45) is 5.73 Å². The van der Waals surface area contributed by atoms with Gasteiger partial charge in [-0.05, 0) is 20.1 Å². The number of nitrogens with two attached hydrogens (primary N) is 1. The number of rotatable bonds is 3. The predicted molar refractivity (Wildman–Crippen MR) is 47.6 cm³/mol. The number of hydrogen-bond donors (Lipinski definition) is 1. The van der Waals surface area contributed by atoms with Gasteiger partial charge in [0, 0.05) is 5.54 Å².